The van der Waals surface area contributed by atoms with Gasteiger partial charge in [-0.05, 0) is 107 Å². The van der Waals surface area contributed by atoms with Gasteiger partial charge in [0.15, 0.2) is 0 Å². The molecule has 10 rings (SSSR count). The first-order valence-corrected chi connectivity index (χ1v) is 19.0. The van der Waals surface area contributed by atoms with E-state index in [2.05, 4.69) is 199 Å². The third-order valence-electron chi connectivity index (χ3n) is 11.9. The zero-order valence-corrected chi connectivity index (χ0v) is 30.3. The van der Waals surface area contributed by atoms with Crippen LogP contribution in [0.4, 0.5) is 11.4 Å². The summed E-state index contributed by atoms with van der Waals surface area (Å²) in [6.45, 7) is 4.72. The fourth-order valence-electron chi connectivity index (χ4n) is 9.03. The Kier molecular flexibility index (Phi) is 7.47. The maximum Gasteiger partial charge on any atom is 0.0582 e. The van der Waals surface area contributed by atoms with Crippen molar-refractivity contribution in [2.75, 3.05) is 4.90 Å². The van der Waals surface area contributed by atoms with Crippen molar-refractivity contribution >= 4 is 38.8 Å². The van der Waals surface area contributed by atoms with Gasteiger partial charge in [0.1, 0.15) is 0 Å². The van der Waals surface area contributed by atoms with Crippen LogP contribution in [0.25, 0.3) is 44.2 Å². The summed E-state index contributed by atoms with van der Waals surface area (Å²) in [5.74, 6) is 0.435. The number of fused-ring (bicyclic) bond motifs is 5. The SMILES string of the molecule is CC1(C)c2ccccc2-n2c3ccc(-c4ccc(N(C5=CC=C(c6ccccc6)CC5)c5ccc(C6C=CC=CC6)cc5)cc4)cc3c3cccc1c32. The van der Waals surface area contributed by atoms with Crippen LogP contribution in [0.2, 0.25) is 0 Å². The molecule has 0 fully saturated rings. The monoisotopic (exact) mass is 682 g/mol. The Balaban J connectivity index is 1.04. The highest BCUT2D eigenvalue weighted by Crippen LogP contribution is 2.48. The first-order valence-electron chi connectivity index (χ1n) is 19.0. The van der Waals surface area contributed by atoms with Crippen LogP contribution in [0, 0.1) is 0 Å². The van der Waals surface area contributed by atoms with Gasteiger partial charge in [-0.2, -0.15) is 0 Å². The summed E-state index contributed by atoms with van der Waals surface area (Å²) >= 11 is 0. The van der Waals surface area contributed by atoms with Gasteiger partial charge in [-0.3, -0.25) is 0 Å². The maximum absolute atomic E-state index is 2.49. The third-order valence-corrected chi connectivity index (χ3v) is 11.9. The van der Waals surface area contributed by atoms with Crippen molar-refractivity contribution in [1.29, 1.82) is 0 Å². The zero-order chi connectivity index (χ0) is 35.5. The standard InChI is InChI=1S/C51H42N2/c1-51(2)46-17-9-10-19-49(46)53-48-33-26-40(34-45(48)44-16-11-18-47(51)50(44)53)39-24-31-43(32-25-39)52(41-27-20-37(21-28-41)35-12-5-3-6-13-35)42-29-22-38(23-30-42)36-14-7-4-8-15-36/h3-14,16-20,22-27,29-34,36H,15,21,28H2,1-2H3. The van der Waals surface area contributed by atoms with Gasteiger partial charge >= 0.3 is 0 Å². The van der Waals surface area contributed by atoms with Crippen LogP contribution < -0.4 is 4.90 Å². The first kappa shape index (κ1) is 31.6. The first-order chi connectivity index (χ1) is 26.0. The minimum Gasteiger partial charge on any atom is -0.314 e. The predicted octanol–water partition coefficient (Wildman–Crippen LogP) is 13.6. The summed E-state index contributed by atoms with van der Waals surface area (Å²) in [4.78, 5) is 2.45. The average molecular weight is 683 g/mol. The Labute approximate surface area is 312 Å². The van der Waals surface area contributed by atoms with Gasteiger partial charge in [-0.1, -0.05) is 141 Å². The molecule has 0 radical (unpaired) electrons. The summed E-state index contributed by atoms with van der Waals surface area (Å²) < 4.78 is 2.49. The Morgan fingerprint density at radius 3 is 2.09 bits per heavy atom. The van der Waals surface area contributed by atoms with Crippen LogP contribution in [0.1, 0.15) is 61.3 Å². The minimum absolute atomic E-state index is 0.0672. The molecule has 1 aromatic heterocycles. The summed E-state index contributed by atoms with van der Waals surface area (Å²) in [5.41, 5.74) is 16.8. The lowest BCUT2D eigenvalue weighted by molar-refractivity contribution is 0.630. The van der Waals surface area contributed by atoms with Crippen LogP contribution in [0.3, 0.4) is 0 Å². The van der Waals surface area contributed by atoms with Crippen molar-refractivity contribution in [3.8, 4) is 16.8 Å². The Bertz CT molecular complexity index is 2640. The number of nitrogens with zero attached hydrogens (tertiary/aromatic N) is 2. The quantitative estimate of drug-likeness (QED) is 0.169. The van der Waals surface area contributed by atoms with Gasteiger partial charge < -0.3 is 9.47 Å². The van der Waals surface area contributed by atoms with Crippen molar-refractivity contribution in [3.05, 3.63) is 204 Å². The molecular formula is C51H42N2. The molecule has 0 saturated carbocycles. The number of benzene rings is 6. The van der Waals surface area contributed by atoms with Crippen LogP contribution >= 0.6 is 0 Å². The topological polar surface area (TPSA) is 8.17 Å². The smallest absolute Gasteiger partial charge is 0.0582 e. The van der Waals surface area contributed by atoms with Gasteiger partial charge in [0.05, 0.1) is 16.7 Å². The number of anilines is 2. The number of allylic oxidation sites excluding steroid dienone is 8. The number of para-hydroxylation sites is 2. The predicted molar refractivity (Wildman–Crippen MR) is 224 cm³/mol. The molecule has 0 bridgehead atoms. The summed E-state index contributed by atoms with van der Waals surface area (Å²) in [6.07, 6.45) is 16.6. The molecule has 1 atom stereocenters. The molecule has 1 aliphatic heterocycles. The number of aromatic nitrogens is 1. The molecule has 3 aliphatic rings. The Morgan fingerprint density at radius 2 is 1.34 bits per heavy atom. The second-order valence-electron chi connectivity index (χ2n) is 15.3. The minimum atomic E-state index is -0.0672. The molecule has 53 heavy (non-hydrogen) atoms. The highest BCUT2D eigenvalue weighted by Gasteiger charge is 2.34. The molecular weight excluding hydrogens is 641 g/mol. The summed E-state index contributed by atoms with van der Waals surface area (Å²) in [6, 6.07) is 52.0. The van der Waals surface area contributed by atoms with Gasteiger partial charge in [-0.25, -0.2) is 0 Å². The van der Waals surface area contributed by atoms with E-state index in [0.29, 0.717) is 5.92 Å². The van der Waals surface area contributed by atoms with Gasteiger partial charge in [0.25, 0.3) is 0 Å². The van der Waals surface area contributed by atoms with E-state index in [-0.39, 0.29) is 5.41 Å². The van der Waals surface area contributed by atoms with E-state index >= 15 is 0 Å². The van der Waals surface area contributed by atoms with Crippen LogP contribution in [0.5, 0.6) is 0 Å². The lowest BCUT2D eigenvalue weighted by Crippen LogP contribution is -2.26. The highest BCUT2D eigenvalue weighted by molar-refractivity contribution is 6.12. The molecule has 1 unspecified atom stereocenters. The van der Waals surface area contributed by atoms with Crippen molar-refractivity contribution in [3.63, 3.8) is 0 Å². The number of rotatable bonds is 6. The largest absolute Gasteiger partial charge is 0.314 e. The van der Waals surface area contributed by atoms with Crippen LogP contribution in [0.15, 0.2) is 182 Å². The fraction of sp³-hybridized carbons (Fsp3) is 0.137. The Hall–Kier alpha value is -6.12. The van der Waals surface area contributed by atoms with E-state index in [0.717, 1.165) is 19.3 Å². The van der Waals surface area contributed by atoms with Crippen LogP contribution in [-0.4, -0.2) is 4.57 Å². The van der Waals surface area contributed by atoms with Crippen molar-refractivity contribution in [1.82, 2.24) is 4.57 Å². The van der Waals surface area contributed by atoms with Gasteiger partial charge in [-0.15, -0.1) is 0 Å². The highest BCUT2D eigenvalue weighted by atomic mass is 15.1. The maximum atomic E-state index is 2.49. The summed E-state index contributed by atoms with van der Waals surface area (Å²) in [5, 5.41) is 2.62. The second-order valence-corrected chi connectivity index (χ2v) is 15.3. The molecule has 0 spiro atoms. The third kappa shape index (κ3) is 5.24. The normalized spacial score (nSPS) is 17.1. The van der Waals surface area contributed by atoms with E-state index in [1.807, 2.05) is 0 Å². The fourth-order valence-corrected chi connectivity index (χ4v) is 9.03. The molecule has 0 N–H and O–H groups in total. The van der Waals surface area contributed by atoms with E-state index in [1.54, 1.807) is 0 Å². The lowest BCUT2D eigenvalue weighted by Gasteiger charge is -2.34. The molecule has 2 heterocycles. The molecule has 0 saturated heterocycles. The Morgan fingerprint density at radius 1 is 0.604 bits per heavy atom. The van der Waals surface area contributed by atoms with Gasteiger partial charge in [0, 0.05) is 39.2 Å². The molecule has 7 aromatic rings. The molecule has 2 aliphatic carbocycles. The summed E-state index contributed by atoms with van der Waals surface area (Å²) in [7, 11) is 0. The van der Waals surface area contributed by atoms with E-state index in [4.69, 9.17) is 0 Å². The van der Waals surface area contributed by atoms with Crippen molar-refractivity contribution in [2.24, 2.45) is 0 Å². The second kappa shape index (κ2) is 12.5. The van der Waals surface area contributed by atoms with E-state index in [1.165, 1.54) is 83.5 Å². The number of hydrogen-bond donors (Lipinski definition) is 0. The van der Waals surface area contributed by atoms with Gasteiger partial charge in [0.2, 0.25) is 0 Å². The van der Waals surface area contributed by atoms with Crippen molar-refractivity contribution < 1.29 is 0 Å². The molecule has 0 amide bonds. The zero-order valence-electron chi connectivity index (χ0n) is 30.3. The number of hydrogen-bond acceptors (Lipinski definition) is 1. The molecule has 256 valence electrons. The molecule has 2 nitrogen and oxygen atoms in total. The van der Waals surface area contributed by atoms with Crippen molar-refractivity contribution in [2.45, 2.75) is 44.4 Å². The van der Waals surface area contributed by atoms with E-state index in [9.17, 15) is 0 Å². The van der Waals surface area contributed by atoms with E-state index < -0.39 is 0 Å². The lowest BCUT2D eigenvalue weighted by atomic mass is 9.75. The molecule has 6 aromatic carbocycles. The van der Waals surface area contributed by atoms with Crippen LogP contribution in [-0.2, 0) is 5.41 Å². The molecule has 2 heteroatoms. The average Bonchev–Trinajstić information content (AvgIpc) is 3.56.